The predicted molar refractivity (Wildman–Crippen MR) is 74.2 cm³/mol. The van der Waals surface area contributed by atoms with Crippen molar-refractivity contribution in [3.63, 3.8) is 0 Å². The number of rotatable bonds is 4. The molecule has 0 saturated carbocycles. The minimum atomic E-state index is -3.40. The van der Waals surface area contributed by atoms with Gasteiger partial charge in [-0.3, -0.25) is 4.72 Å². The van der Waals surface area contributed by atoms with Crippen molar-refractivity contribution < 1.29 is 12.8 Å². The average molecular weight is 286 g/mol. The Kier molecular flexibility index (Phi) is 4.42. The first-order valence-electron chi connectivity index (χ1n) is 6.46. The number of hydrogen-bond acceptors (Lipinski definition) is 3. The van der Waals surface area contributed by atoms with Crippen LogP contribution < -0.4 is 10.0 Å². The first-order valence-corrected chi connectivity index (χ1v) is 8.11. The fourth-order valence-corrected chi connectivity index (χ4v) is 3.74. The van der Waals surface area contributed by atoms with Crippen molar-refractivity contribution in [2.75, 3.05) is 17.0 Å². The predicted octanol–water partition coefficient (Wildman–Crippen LogP) is 2.02. The fraction of sp³-hybridized carbons (Fsp3) is 0.538. The Labute approximate surface area is 113 Å². The van der Waals surface area contributed by atoms with E-state index in [1.807, 2.05) is 0 Å². The van der Waals surface area contributed by atoms with Gasteiger partial charge in [0.05, 0.1) is 11.4 Å². The quantitative estimate of drug-likeness (QED) is 0.890. The minimum absolute atomic E-state index is 0.00649. The zero-order valence-electron chi connectivity index (χ0n) is 10.9. The maximum absolute atomic E-state index is 13.0. The Balaban J connectivity index is 2.03. The zero-order chi connectivity index (χ0) is 13.9. The van der Waals surface area contributed by atoms with Crippen LogP contribution in [0, 0.1) is 12.7 Å². The van der Waals surface area contributed by atoms with Gasteiger partial charge in [-0.25, -0.2) is 12.8 Å². The lowest BCUT2D eigenvalue weighted by Crippen LogP contribution is -2.40. The van der Waals surface area contributed by atoms with E-state index >= 15 is 0 Å². The maximum atomic E-state index is 13.0. The highest BCUT2D eigenvalue weighted by molar-refractivity contribution is 7.92. The Morgan fingerprint density at radius 2 is 2.21 bits per heavy atom. The molecule has 0 radical (unpaired) electrons. The number of aryl methyl sites for hydroxylation is 1. The van der Waals surface area contributed by atoms with Gasteiger partial charge < -0.3 is 5.32 Å². The number of halogens is 1. The number of nitrogens with one attached hydrogen (secondary N) is 2. The summed E-state index contributed by atoms with van der Waals surface area (Å²) in [5.41, 5.74) is 1.03. The van der Waals surface area contributed by atoms with Gasteiger partial charge in [0.25, 0.3) is 0 Å². The van der Waals surface area contributed by atoms with E-state index in [0.29, 0.717) is 11.3 Å². The van der Waals surface area contributed by atoms with Gasteiger partial charge in [-0.15, -0.1) is 0 Å². The molecular weight excluding hydrogens is 267 g/mol. The number of hydrogen-bond donors (Lipinski definition) is 2. The van der Waals surface area contributed by atoms with Gasteiger partial charge in [-0.1, -0.05) is 6.42 Å². The highest BCUT2D eigenvalue weighted by atomic mass is 32.2. The molecule has 2 N–H and O–H groups in total. The Hall–Kier alpha value is -1.14. The summed E-state index contributed by atoms with van der Waals surface area (Å²) in [5, 5.41) is 3.21. The molecular formula is C13H19FN2O2S. The molecule has 1 unspecified atom stereocenters. The van der Waals surface area contributed by atoms with Crippen LogP contribution >= 0.6 is 0 Å². The second-order valence-corrected chi connectivity index (χ2v) is 6.76. The van der Waals surface area contributed by atoms with Gasteiger partial charge in [0, 0.05) is 6.04 Å². The molecule has 1 atom stereocenters. The Morgan fingerprint density at radius 3 is 2.84 bits per heavy atom. The third-order valence-electron chi connectivity index (χ3n) is 3.29. The number of anilines is 1. The molecule has 0 spiro atoms. The van der Waals surface area contributed by atoms with E-state index in [9.17, 15) is 12.8 Å². The van der Waals surface area contributed by atoms with E-state index in [1.54, 1.807) is 6.92 Å². The molecule has 1 heterocycles. The van der Waals surface area contributed by atoms with Crippen LogP contribution in [-0.4, -0.2) is 26.8 Å². The minimum Gasteiger partial charge on any atom is -0.313 e. The molecule has 4 nitrogen and oxygen atoms in total. The van der Waals surface area contributed by atoms with Gasteiger partial charge >= 0.3 is 0 Å². The second kappa shape index (κ2) is 5.88. The number of piperidine rings is 1. The van der Waals surface area contributed by atoms with Crippen molar-refractivity contribution in [3.05, 3.63) is 29.6 Å². The fourth-order valence-electron chi connectivity index (χ4n) is 2.28. The van der Waals surface area contributed by atoms with Crippen LogP contribution in [-0.2, 0) is 10.0 Å². The van der Waals surface area contributed by atoms with E-state index in [0.717, 1.165) is 25.8 Å². The highest BCUT2D eigenvalue weighted by Gasteiger charge is 2.21. The summed E-state index contributed by atoms with van der Waals surface area (Å²) < 4.78 is 39.6. The lowest BCUT2D eigenvalue weighted by Gasteiger charge is -2.23. The van der Waals surface area contributed by atoms with Crippen molar-refractivity contribution in [3.8, 4) is 0 Å². The summed E-state index contributed by atoms with van der Waals surface area (Å²) in [6, 6.07) is 4.03. The van der Waals surface area contributed by atoms with Crippen molar-refractivity contribution in [1.29, 1.82) is 0 Å². The van der Waals surface area contributed by atoms with E-state index in [4.69, 9.17) is 0 Å². The summed E-state index contributed by atoms with van der Waals surface area (Å²) in [5.74, 6) is -0.307. The van der Waals surface area contributed by atoms with Crippen molar-refractivity contribution in [1.82, 2.24) is 5.32 Å². The first kappa shape index (κ1) is 14.3. The topological polar surface area (TPSA) is 58.2 Å². The van der Waals surface area contributed by atoms with Gasteiger partial charge in [0.1, 0.15) is 5.82 Å². The standard InChI is InChI=1S/C13H19FN2O2S/c1-10-8-11(14)5-6-13(10)16-19(17,18)9-12-4-2-3-7-15-12/h5-6,8,12,15-16H,2-4,7,9H2,1H3. The zero-order valence-corrected chi connectivity index (χ0v) is 11.8. The molecule has 106 valence electrons. The molecule has 1 saturated heterocycles. The molecule has 1 aliphatic rings. The third kappa shape index (κ3) is 4.18. The van der Waals surface area contributed by atoms with Crippen LogP contribution in [0.2, 0.25) is 0 Å². The molecule has 1 aromatic rings. The van der Waals surface area contributed by atoms with Gasteiger partial charge in [0.15, 0.2) is 0 Å². The molecule has 0 bridgehead atoms. The van der Waals surface area contributed by atoms with Crippen LogP contribution in [0.25, 0.3) is 0 Å². The van der Waals surface area contributed by atoms with Crippen LogP contribution in [0.1, 0.15) is 24.8 Å². The number of benzene rings is 1. The van der Waals surface area contributed by atoms with Gasteiger partial charge in [-0.05, 0) is 50.1 Å². The van der Waals surface area contributed by atoms with Crippen molar-refractivity contribution in [2.24, 2.45) is 0 Å². The smallest absolute Gasteiger partial charge is 0.234 e. The summed E-state index contributed by atoms with van der Waals surface area (Å²) in [6.45, 7) is 2.55. The van der Waals surface area contributed by atoms with Crippen LogP contribution in [0.15, 0.2) is 18.2 Å². The van der Waals surface area contributed by atoms with Crippen molar-refractivity contribution >= 4 is 15.7 Å². The summed E-state index contributed by atoms with van der Waals surface area (Å²) in [6.07, 6.45) is 3.03. The number of sulfonamides is 1. The van der Waals surface area contributed by atoms with E-state index in [1.165, 1.54) is 18.2 Å². The maximum Gasteiger partial charge on any atom is 0.234 e. The van der Waals surface area contributed by atoms with Gasteiger partial charge in [0.2, 0.25) is 10.0 Å². The monoisotopic (exact) mass is 286 g/mol. The molecule has 6 heteroatoms. The lowest BCUT2D eigenvalue weighted by molar-refractivity contribution is 0.424. The molecule has 0 amide bonds. The lowest BCUT2D eigenvalue weighted by atomic mass is 10.1. The molecule has 0 aromatic heterocycles. The summed E-state index contributed by atoms with van der Waals surface area (Å²) >= 11 is 0. The Morgan fingerprint density at radius 1 is 1.42 bits per heavy atom. The van der Waals surface area contributed by atoms with E-state index < -0.39 is 10.0 Å². The third-order valence-corrected chi connectivity index (χ3v) is 4.66. The summed E-state index contributed by atoms with van der Waals surface area (Å²) in [4.78, 5) is 0. The second-order valence-electron chi connectivity index (χ2n) is 4.99. The van der Waals surface area contributed by atoms with E-state index in [-0.39, 0.29) is 17.6 Å². The SMILES string of the molecule is Cc1cc(F)ccc1NS(=O)(=O)CC1CCCCN1. The largest absolute Gasteiger partial charge is 0.313 e. The molecule has 1 aliphatic heterocycles. The van der Waals surface area contributed by atoms with E-state index in [2.05, 4.69) is 10.0 Å². The van der Waals surface area contributed by atoms with Crippen molar-refractivity contribution in [2.45, 2.75) is 32.2 Å². The van der Waals surface area contributed by atoms with Gasteiger partial charge in [-0.2, -0.15) is 0 Å². The molecule has 19 heavy (non-hydrogen) atoms. The average Bonchev–Trinajstić information content (AvgIpc) is 2.33. The van der Waals surface area contributed by atoms with Crippen LogP contribution in [0.3, 0.4) is 0 Å². The summed E-state index contributed by atoms with van der Waals surface area (Å²) in [7, 11) is -3.40. The van der Waals surface area contributed by atoms with Crippen LogP contribution in [0.5, 0.6) is 0 Å². The molecule has 1 aromatic carbocycles. The first-order chi connectivity index (χ1) is 8.96. The molecule has 0 aliphatic carbocycles. The van der Waals surface area contributed by atoms with Crippen LogP contribution in [0.4, 0.5) is 10.1 Å². The normalized spacial score (nSPS) is 20.2. The molecule has 1 fully saturated rings. The molecule has 2 rings (SSSR count). The Bertz CT molecular complexity index is 540. The highest BCUT2D eigenvalue weighted by Crippen LogP contribution is 2.18.